The van der Waals surface area contributed by atoms with Crippen molar-refractivity contribution in [2.24, 2.45) is 0 Å². The summed E-state index contributed by atoms with van der Waals surface area (Å²) in [6.45, 7) is 1.02. The van der Waals surface area contributed by atoms with Crippen LogP contribution in [0, 0.1) is 0 Å². The van der Waals surface area contributed by atoms with Gasteiger partial charge in [-0.3, -0.25) is 4.31 Å². The molecule has 6 nitrogen and oxygen atoms in total. The molecule has 7 heteroatoms. The lowest BCUT2D eigenvalue weighted by atomic mass is 10.3. The number of benzene rings is 1. The minimum atomic E-state index is -3.51. The van der Waals surface area contributed by atoms with E-state index >= 15 is 0 Å². The molecule has 0 unspecified atom stereocenters. The van der Waals surface area contributed by atoms with E-state index in [9.17, 15) is 8.42 Å². The molecule has 2 aromatic rings. The molecule has 0 aliphatic heterocycles. The van der Waals surface area contributed by atoms with E-state index in [0.717, 1.165) is 0 Å². The molecule has 1 aromatic carbocycles. The largest absolute Gasteiger partial charge is 0.364 e. The second-order valence-corrected chi connectivity index (χ2v) is 6.85. The van der Waals surface area contributed by atoms with Crippen molar-refractivity contribution in [3.05, 3.63) is 48.4 Å². The summed E-state index contributed by atoms with van der Waals surface area (Å²) in [5.41, 5.74) is 1.06. The van der Waals surface area contributed by atoms with Crippen LogP contribution >= 0.6 is 0 Å². The maximum atomic E-state index is 12.6. The number of aromatic nitrogens is 1. The molecular formula is C14H19N3O3S. The van der Waals surface area contributed by atoms with Crippen LogP contribution in [-0.2, 0) is 15.8 Å². The van der Waals surface area contributed by atoms with Gasteiger partial charge in [-0.15, -0.1) is 0 Å². The fourth-order valence-corrected chi connectivity index (χ4v) is 3.37. The van der Waals surface area contributed by atoms with E-state index in [4.69, 9.17) is 4.52 Å². The normalized spacial score (nSPS) is 11.8. The predicted molar refractivity (Wildman–Crippen MR) is 81.5 cm³/mol. The van der Waals surface area contributed by atoms with Gasteiger partial charge >= 0.3 is 0 Å². The van der Waals surface area contributed by atoms with Gasteiger partial charge < -0.3 is 9.42 Å². The molecule has 21 heavy (non-hydrogen) atoms. The van der Waals surface area contributed by atoms with Crippen molar-refractivity contribution in [3.8, 4) is 0 Å². The molecule has 114 valence electrons. The first kappa shape index (κ1) is 15.5. The van der Waals surface area contributed by atoms with E-state index in [1.807, 2.05) is 37.2 Å². The van der Waals surface area contributed by atoms with Gasteiger partial charge in [0.1, 0.15) is 17.7 Å². The topological polar surface area (TPSA) is 66.7 Å². The average Bonchev–Trinajstić information content (AvgIpc) is 2.91. The summed E-state index contributed by atoms with van der Waals surface area (Å²) < 4.78 is 31.4. The molecule has 1 heterocycles. The highest BCUT2D eigenvalue weighted by Gasteiger charge is 2.24. The number of anilines is 1. The third kappa shape index (κ3) is 4.30. The molecule has 0 amide bonds. The predicted octanol–water partition coefficient (Wildman–Crippen LogP) is 1.57. The summed E-state index contributed by atoms with van der Waals surface area (Å²) in [6, 6.07) is 10.6. The summed E-state index contributed by atoms with van der Waals surface area (Å²) in [7, 11) is 0.310. The number of hydrogen-bond acceptors (Lipinski definition) is 5. The summed E-state index contributed by atoms with van der Waals surface area (Å²) in [5, 5.41) is 3.68. The maximum Gasteiger partial charge on any atom is 0.241 e. The van der Waals surface area contributed by atoms with Crippen molar-refractivity contribution in [3.63, 3.8) is 0 Å². The smallest absolute Gasteiger partial charge is 0.241 e. The van der Waals surface area contributed by atoms with Crippen LogP contribution in [0.25, 0.3) is 0 Å². The highest BCUT2D eigenvalue weighted by molar-refractivity contribution is 7.92. The molecule has 0 aliphatic rings. The van der Waals surface area contributed by atoms with Gasteiger partial charge in [0.15, 0.2) is 0 Å². The Kier molecular flexibility index (Phi) is 4.98. The van der Waals surface area contributed by atoms with Gasteiger partial charge in [-0.25, -0.2) is 8.42 Å². The zero-order chi connectivity index (χ0) is 15.3. The lowest BCUT2D eigenvalue weighted by Crippen LogP contribution is -2.37. The molecule has 1 aromatic heterocycles. The third-order valence-electron chi connectivity index (χ3n) is 2.95. The van der Waals surface area contributed by atoms with Crippen LogP contribution in [0.3, 0.4) is 0 Å². The lowest BCUT2D eigenvalue weighted by molar-refractivity contribution is 0.413. The molecule has 0 aliphatic carbocycles. The number of para-hydroxylation sites is 1. The second-order valence-electron chi connectivity index (χ2n) is 4.96. The standard InChI is InChI=1S/C14H19N3O3S/c1-16(2)9-10-17(14-6-4-3-5-7-14)21(18,19)12-13-8-11-20-15-13/h3-8,11H,9-10,12H2,1-2H3. The molecule has 0 bridgehead atoms. The van der Waals surface area contributed by atoms with Gasteiger partial charge in [0.2, 0.25) is 10.0 Å². The van der Waals surface area contributed by atoms with Crippen molar-refractivity contribution in [1.82, 2.24) is 10.1 Å². The third-order valence-corrected chi connectivity index (χ3v) is 4.68. The monoisotopic (exact) mass is 309 g/mol. The first-order valence-corrected chi connectivity index (χ1v) is 8.19. The van der Waals surface area contributed by atoms with Gasteiger partial charge in [0.25, 0.3) is 0 Å². The Morgan fingerprint density at radius 2 is 1.81 bits per heavy atom. The average molecular weight is 309 g/mol. The Bertz CT molecular complexity index is 639. The van der Waals surface area contributed by atoms with Crippen LogP contribution in [0.4, 0.5) is 5.69 Å². The Morgan fingerprint density at radius 3 is 2.38 bits per heavy atom. The van der Waals surface area contributed by atoms with Gasteiger partial charge in [-0.2, -0.15) is 0 Å². The first-order chi connectivity index (χ1) is 9.99. The van der Waals surface area contributed by atoms with Crippen molar-refractivity contribution in [1.29, 1.82) is 0 Å². The maximum absolute atomic E-state index is 12.6. The van der Waals surface area contributed by atoms with E-state index in [1.54, 1.807) is 18.2 Å². The Hall–Kier alpha value is -1.86. The van der Waals surface area contributed by atoms with E-state index < -0.39 is 10.0 Å². The van der Waals surface area contributed by atoms with E-state index in [2.05, 4.69) is 5.16 Å². The van der Waals surface area contributed by atoms with Crippen molar-refractivity contribution < 1.29 is 12.9 Å². The van der Waals surface area contributed by atoms with Crippen LogP contribution in [0.5, 0.6) is 0 Å². The minimum Gasteiger partial charge on any atom is -0.364 e. The number of likely N-dealkylation sites (N-methyl/N-ethyl adjacent to an activating group) is 1. The summed E-state index contributed by atoms with van der Waals surface area (Å²) >= 11 is 0. The van der Waals surface area contributed by atoms with Crippen LogP contribution in [0.2, 0.25) is 0 Å². The molecule has 0 N–H and O–H groups in total. The molecule has 0 radical (unpaired) electrons. The molecule has 0 fully saturated rings. The van der Waals surface area contributed by atoms with Gasteiger partial charge in [0.05, 0.1) is 5.69 Å². The zero-order valence-corrected chi connectivity index (χ0v) is 13.0. The van der Waals surface area contributed by atoms with E-state index in [0.29, 0.717) is 24.5 Å². The highest BCUT2D eigenvalue weighted by atomic mass is 32.2. The van der Waals surface area contributed by atoms with Crippen LogP contribution in [0.1, 0.15) is 5.69 Å². The summed E-state index contributed by atoms with van der Waals surface area (Å²) in [6.07, 6.45) is 1.37. The Morgan fingerprint density at radius 1 is 1.10 bits per heavy atom. The molecule has 0 atom stereocenters. The molecule has 0 saturated heterocycles. The van der Waals surface area contributed by atoms with E-state index in [1.165, 1.54) is 10.6 Å². The summed E-state index contributed by atoms with van der Waals surface area (Å²) in [4.78, 5) is 1.95. The fraction of sp³-hybridized carbons (Fsp3) is 0.357. The fourth-order valence-electron chi connectivity index (χ4n) is 1.89. The van der Waals surface area contributed by atoms with Crippen LogP contribution < -0.4 is 4.31 Å². The number of rotatable bonds is 7. The Balaban J connectivity index is 2.25. The SMILES string of the molecule is CN(C)CCN(c1ccccc1)S(=O)(=O)Cc1ccon1. The molecule has 0 saturated carbocycles. The van der Waals surface area contributed by atoms with Crippen molar-refractivity contribution in [2.75, 3.05) is 31.5 Å². The highest BCUT2D eigenvalue weighted by Crippen LogP contribution is 2.19. The quantitative estimate of drug-likeness (QED) is 0.777. The molecular weight excluding hydrogens is 290 g/mol. The number of sulfonamides is 1. The van der Waals surface area contributed by atoms with Crippen molar-refractivity contribution in [2.45, 2.75) is 5.75 Å². The van der Waals surface area contributed by atoms with Crippen molar-refractivity contribution >= 4 is 15.7 Å². The van der Waals surface area contributed by atoms with E-state index in [-0.39, 0.29) is 5.75 Å². The van der Waals surface area contributed by atoms with Crippen LogP contribution in [-0.4, -0.2) is 45.7 Å². The number of hydrogen-bond donors (Lipinski definition) is 0. The van der Waals surface area contributed by atoms with Gasteiger partial charge in [0, 0.05) is 19.2 Å². The van der Waals surface area contributed by atoms with Gasteiger partial charge in [-0.1, -0.05) is 23.4 Å². The van der Waals surface area contributed by atoms with Crippen LogP contribution in [0.15, 0.2) is 47.2 Å². The summed E-state index contributed by atoms with van der Waals surface area (Å²) in [5.74, 6) is -0.175. The Labute approximate surface area is 125 Å². The lowest BCUT2D eigenvalue weighted by Gasteiger charge is -2.25. The zero-order valence-electron chi connectivity index (χ0n) is 12.1. The minimum absolute atomic E-state index is 0.175. The first-order valence-electron chi connectivity index (χ1n) is 6.58. The van der Waals surface area contributed by atoms with Gasteiger partial charge in [-0.05, 0) is 26.2 Å². The second kappa shape index (κ2) is 6.73. The molecule has 0 spiro atoms. The number of nitrogens with zero attached hydrogens (tertiary/aromatic N) is 3. The molecule has 2 rings (SSSR count).